The summed E-state index contributed by atoms with van der Waals surface area (Å²) in [6.45, 7) is 4.94. The second kappa shape index (κ2) is 5.07. The standard InChI is InChI=1S/C13H17ClN2O/c1-8-3-4-10(7-11(8)14)16-13(17)12-9(2)5-6-15-12/h3-4,7,9,12,15H,5-6H2,1-2H3,(H,16,17). The van der Waals surface area contributed by atoms with Crippen molar-refractivity contribution in [3.05, 3.63) is 28.8 Å². The average Bonchev–Trinajstić information content (AvgIpc) is 2.70. The van der Waals surface area contributed by atoms with Gasteiger partial charge in [0.25, 0.3) is 0 Å². The molecule has 92 valence electrons. The lowest BCUT2D eigenvalue weighted by Gasteiger charge is -2.15. The van der Waals surface area contributed by atoms with Gasteiger partial charge in [-0.15, -0.1) is 0 Å². The number of benzene rings is 1. The summed E-state index contributed by atoms with van der Waals surface area (Å²) in [4.78, 5) is 12.0. The number of aryl methyl sites for hydroxylation is 1. The molecule has 1 heterocycles. The summed E-state index contributed by atoms with van der Waals surface area (Å²) in [5.74, 6) is 0.408. The van der Waals surface area contributed by atoms with Gasteiger partial charge in [0, 0.05) is 10.7 Å². The SMILES string of the molecule is Cc1ccc(NC(=O)C2NCCC2C)cc1Cl. The molecule has 2 unspecified atom stereocenters. The molecule has 1 saturated heterocycles. The first-order chi connectivity index (χ1) is 8.08. The van der Waals surface area contributed by atoms with Gasteiger partial charge in [0.2, 0.25) is 5.91 Å². The highest BCUT2D eigenvalue weighted by atomic mass is 35.5. The van der Waals surface area contributed by atoms with E-state index in [0.717, 1.165) is 24.2 Å². The lowest BCUT2D eigenvalue weighted by molar-refractivity contribution is -0.118. The summed E-state index contributed by atoms with van der Waals surface area (Å²) in [5, 5.41) is 6.78. The van der Waals surface area contributed by atoms with Crippen LogP contribution in [0, 0.1) is 12.8 Å². The minimum atomic E-state index is -0.0879. The second-order valence-electron chi connectivity index (χ2n) is 4.65. The molecule has 2 rings (SSSR count). The summed E-state index contributed by atoms with van der Waals surface area (Å²) in [5.41, 5.74) is 1.77. The van der Waals surface area contributed by atoms with Crippen LogP contribution >= 0.6 is 11.6 Å². The maximum Gasteiger partial charge on any atom is 0.241 e. The number of hydrogen-bond donors (Lipinski definition) is 2. The number of hydrogen-bond acceptors (Lipinski definition) is 2. The van der Waals surface area contributed by atoms with Gasteiger partial charge in [0.15, 0.2) is 0 Å². The Kier molecular flexibility index (Phi) is 3.69. The van der Waals surface area contributed by atoms with Crippen LogP contribution in [0.1, 0.15) is 18.9 Å². The molecule has 1 amide bonds. The van der Waals surface area contributed by atoms with Crippen molar-refractivity contribution in [2.24, 2.45) is 5.92 Å². The Morgan fingerprint density at radius 1 is 1.53 bits per heavy atom. The minimum absolute atomic E-state index is 0.0231. The molecule has 2 N–H and O–H groups in total. The van der Waals surface area contributed by atoms with E-state index in [2.05, 4.69) is 17.6 Å². The van der Waals surface area contributed by atoms with Gasteiger partial charge >= 0.3 is 0 Å². The molecule has 1 aliphatic rings. The zero-order valence-corrected chi connectivity index (χ0v) is 10.8. The molecule has 1 aromatic rings. The maximum atomic E-state index is 12.0. The highest BCUT2D eigenvalue weighted by Gasteiger charge is 2.29. The fourth-order valence-electron chi connectivity index (χ4n) is 2.08. The Morgan fingerprint density at radius 3 is 2.88 bits per heavy atom. The molecule has 4 heteroatoms. The van der Waals surface area contributed by atoms with E-state index in [-0.39, 0.29) is 11.9 Å². The van der Waals surface area contributed by atoms with Crippen LogP contribution in [0.2, 0.25) is 5.02 Å². The Balaban J connectivity index is 2.05. The first-order valence-corrected chi connectivity index (χ1v) is 6.26. The van der Waals surface area contributed by atoms with Crippen LogP contribution in [0.25, 0.3) is 0 Å². The lowest BCUT2D eigenvalue weighted by atomic mass is 10.0. The number of rotatable bonds is 2. The predicted molar refractivity (Wildman–Crippen MR) is 70.4 cm³/mol. The van der Waals surface area contributed by atoms with Crippen LogP contribution in [0.5, 0.6) is 0 Å². The van der Waals surface area contributed by atoms with Crippen molar-refractivity contribution in [1.29, 1.82) is 0 Å². The van der Waals surface area contributed by atoms with Crippen LogP contribution in [-0.4, -0.2) is 18.5 Å². The van der Waals surface area contributed by atoms with Gasteiger partial charge in [-0.3, -0.25) is 4.79 Å². The predicted octanol–water partition coefficient (Wildman–Crippen LogP) is 2.58. The zero-order chi connectivity index (χ0) is 12.4. The molecule has 0 saturated carbocycles. The van der Waals surface area contributed by atoms with E-state index in [1.54, 1.807) is 6.07 Å². The zero-order valence-electron chi connectivity index (χ0n) is 10.1. The highest BCUT2D eigenvalue weighted by Crippen LogP contribution is 2.21. The van der Waals surface area contributed by atoms with E-state index >= 15 is 0 Å². The summed E-state index contributed by atoms with van der Waals surface area (Å²) in [6.07, 6.45) is 1.05. The lowest BCUT2D eigenvalue weighted by Crippen LogP contribution is -2.39. The molecular weight excluding hydrogens is 236 g/mol. The Labute approximate surface area is 107 Å². The fraction of sp³-hybridized carbons (Fsp3) is 0.462. The molecule has 0 aliphatic carbocycles. The molecular formula is C13H17ClN2O. The van der Waals surface area contributed by atoms with E-state index in [4.69, 9.17) is 11.6 Å². The van der Waals surface area contributed by atoms with E-state index < -0.39 is 0 Å². The molecule has 0 bridgehead atoms. The van der Waals surface area contributed by atoms with Crippen LogP contribution in [0.15, 0.2) is 18.2 Å². The van der Waals surface area contributed by atoms with Gasteiger partial charge in [-0.25, -0.2) is 0 Å². The molecule has 0 radical (unpaired) electrons. The highest BCUT2D eigenvalue weighted by molar-refractivity contribution is 6.31. The van der Waals surface area contributed by atoms with Crippen molar-refractivity contribution in [2.45, 2.75) is 26.3 Å². The first-order valence-electron chi connectivity index (χ1n) is 5.88. The third-order valence-electron chi connectivity index (χ3n) is 3.25. The summed E-state index contributed by atoms with van der Waals surface area (Å²) in [6, 6.07) is 5.48. The largest absolute Gasteiger partial charge is 0.325 e. The molecule has 1 aliphatic heterocycles. The number of carbonyl (C=O) groups excluding carboxylic acids is 1. The maximum absolute atomic E-state index is 12.0. The Hall–Kier alpha value is -1.06. The van der Waals surface area contributed by atoms with Crippen molar-refractivity contribution in [1.82, 2.24) is 5.32 Å². The third kappa shape index (κ3) is 2.79. The van der Waals surface area contributed by atoms with E-state index in [9.17, 15) is 4.79 Å². The normalized spacial score (nSPS) is 23.7. The molecule has 0 spiro atoms. The minimum Gasteiger partial charge on any atom is -0.325 e. The molecule has 1 aromatic carbocycles. The quantitative estimate of drug-likeness (QED) is 0.850. The summed E-state index contributed by atoms with van der Waals surface area (Å²) in [7, 11) is 0. The number of amides is 1. The van der Waals surface area contributed by atoms with Crippen molar-refractivity contribution >= 4 is 23.2 Å². The summed E-state index contributed by atoms with van der Waals surface area (Å²) < 4.78 is 0. The van der Waals surface area contributed by atoms with Gasteiger partial charge in [-0.2, -0.15) is 0 Å². The van der Waals surface area contributed by atoms with Gasteiger partial charge in [0.1, 0.15) is 0 Å². The van der Waals surface area contributed by atoms with Crippen LogP contribution in [-0.2, 0) is 4.79 Å². The van der Waals surface area contributed by atoms with Gasteiger partial charge in [0.05, 0.1) is 6.04 Å². The van der Waals surface area contributed by atoms with Gasteiger partial charge in [-0.05, 0) is 43.5 Å². The molecule has 2 atom stereocenters. The van der Waals surface area contributed by atoms with Crippen molar-refractivity contribution in [3.8, 4) is 0 Å². The number of carbonyl (C=O) groups is 1. The molecule has 0 aromatic heterocycles. The van der Waals surface area contributed by atoms with E-state index in [1.807, 2.05) is 19.1 Å². The number of nitrogens with one attached hydrogen (secondary N) is 2. The smallest absolute Gasteiger partial charge is 0.241 e. The average molecular weight is 253 g/mol. The molecule has 1 fully saturated rings. The topological polar surface area (TPSA) is 41.1 Å². The molecule has 3 nitrogen and oxygen atoms in total. The monoisotopic (exact) mass is 252 g/mol. The third-order valence-corrected chi connectivity index (χ3v) is 3.66. The number of anilines is 1. The van der Waals surface area contributed by atoms with Crippen LogP contribution in [0.4, 0.5) is 5.69 Å². The first kappa shape index (κ1) is 12.4. The van der Waals surface area contributed by atoms with Crippen molar-refractivity contribution in [2.75, 3.05) is 11.9 Å². The van der Waals surface area contributed by atoms with Crippen molar-refractivity contribution in [3.63, 3.8) is 0 Å². The van der Waals surface area contributed by atoms with Crippen LogP contribution < -0.4 is 10.6 Å². The Morgan fingerprint density at radius 2 is 2.29 bits per heavy atom. The number of halogens is 1. The Bertz CT molecular complexity index is 433. The van der Waals surface area contributed by atoms with Gasteiger partial charge < -0.3 is 10.6 Å². The summed E-state index contributed by atoms with van der Waals surface area (Å²) >= 11 is 6.02. The fourth-order valence-corrected chi connectivity index (χ4v) is 2.26. The van der Waals surface area contributed by atoms with E-state index in [1.165, 1.54) is 0 Å². The van der Waals surface area contributed by atoms with Gasteiger partial charge in [-0.1, -0.05) is 24.6 Å². The van der Waals surface area contributed by atoms with Crippen LogP contribution in [0.3, 0.4) is 0 Å². The molecule has 17 heavy (non-hydrogen) atoms. The van der Waals surface area contributed by atoms with Crippen molar-refractivity contribution < 1.29 is 4.79 Å². The van der Waals surface area contributed by atoms with E-state index in [0.29, 0.717) is 10.9 Å². The second-order valence-corrected chi connectivity index (χ2v) is 5.06.